The predicted octanol–water partition coefficient (Wildman–Crippen LogP) is 2.94. The van der Waals surface area contributed by atoms with Crippen molar-refractivity contribution in [2.24, 2.45) is 0 Å². The van der Waals surface area contributed by atoms with Gasteiger partial charge < -0.3 is 5.32 Å². The normalized spacial score (nSPS) is 10.4. The number of carbonyl (C=O) groups excluding carboxylic acids is 1. The Hall–Kier alpha value is -2.06. The number of aromatic amines is 1. The number of thiophene rings is 1. The molecule has 0 spiro atoms. The lowest BCUT2D eigenvalue weighted by molar-refractivity contribution is 0.103. The fourth-order valence-electron chi connectivity index (χ4n) is 1.68. The Kier molecular flexibility index (Phi) is 3.57. The Morgan fingerprint density at radius 1 is 1.35 bits per heavy atom. The minimum absolute atomic E-state index is 0.164. The molecule has 1 aromatic carbocycles. The molecule has 0 saturated heterocycles. The lowest BCUT2D eigenvalue weighted by Gasteiger charge is -2.08. The molecule has 0 saturated carbocycles. The third kappa shape index (κ3) is 2.61. The number of tetrazole rings is 1. The molecule has 100 valence electrons. The van der Waals surface area contributed by atoms with Crippen molar-refractivity contribution in [3.63, 3.8) is 0 Å². The van der Waals surface area contributed by atoms with Gasteiger partial charge in [-0.3, -0.25) is 4.79 Å². The van der Waals surface area contributed by atoms with Crippen LogP contribution in [-0.2, 0) is 0 Å². The maximum absolute atomic E-state index is 12.1. The molecule has 0 atom stereocenters. The fourth-order valence-corrected chi connectivity index (χ4v) is 2.66. The van der Waals surface area contributed by atoms with E-state index in [0.29, 0.717) is 22.0 Å². The van der Waals surface area contributed by atoms with Crippen LogP contribution in [0.15, 0.2) is 40.2 Å². The van der Waals surface area contributed by atoms with Crippen molar-refractivity contribution in [3.8, 4) is 11.4 Å². The quantitative estimate of drug-likeness (QED) is 0.761. The van der Waals surface area contributed by atoms with Gasteiger partial charge in [0, 0.05) is 10.0 Å². The van der Waals surface area contributed by atoms with E-state index in [-0.39, 0.29) is 5.91 Å². The van der Waals surface area contributed by atoms with Gasteiger partial charge in [0.1, 0.15) is 0 Å². The number of aromatic nitrogens is 4. The third-order valence-electron chi connectivity index (χ3n) is 2.56. The lowest BCUT2D eigenvalue weighted by Crippen LogP contribution is -2.11. The molecule has 0 aliphatic carbocycles. The van der Waals surface area contributed by atoms with Crippen molar-refractivity contribution in [2.75, 3.05) is 5.32 Å². The first kappa shape index (κ1) is 12.9. The van der Waals surface area contributed by atoms with E-state index in [2.05, 4.69) is 41.9 Å². The molecule has 3 aromatic rings. The van der Waals surface area contributed by atoms with Crippen molar-refractivity contribution in [1.82, 2.24) is 20.6 Å². The SMILES string of the molecule is O=C(Nc1cc(Br)ccc1-c1nn[nH]n1)c1cccs1. The Morgan fingerprint density at radius 2 is 2.25 bits per heavy atom. The maximum atomic E-state index is 12.1. The zero-order chi connectivity index (χ0) is 13.9. The van der Waals surface area contributed by atoms with Crippen molar-refractivity contribution < 1.29 is 4.79 Å². The van der Waals surface area contributed by atoms with Crippen LogP contribution in [0.4, 0.5) is 5.69 Å². The number of rotatable bonds is 3. The summed E-state index contributed by atoms with van der Waals surface area (Å²) in [4.78, 5) is 12.8. The van der Waals surface area contributed by atoms with E-state index < -0.39 is 0 Å². The number of nitrogens with one attached hydrogen (secondary N) is 2. The van der Waals surface area contributed by atoms with Gasteiger partial charge in [0.2, 0.25) is 5.82 Å². The number of anilines is 1. The largest absolute Gasteiger partial charge is 0.321 e. The Labute approximate surface area is 126 Å². The summed E-state index contributed by atoms with van der Waals surface area (Å²) in [5.74, 6) is 0.266. The molecule has 2 heterocycles. The number of benzene rings is 1. The van der Waals surface area contributed by atoms with Crippen LogP contribution >= 0.6 is 27.3 Å². The standard InChI is InChI=1S/C12H8BrN5OS/c13-7-3-4-8(11-15-17-18-16-11)9(6-7)14-12(19)10-2-1-5-20-10/h1-6H,(H,14,19)(H,15,16,17,18). The van der Waals surface area contributed by atoms with E-state index in [1.165, 1.54) is 11.3 Å². The first-order chi connectivity index (χ1) is 9.74. The zero-order valence-corrected chi connectivity index (χ0v) is 12.4. The summed E-state index contributed by atoms with van der Waals surface area (Å²) in [6.07, 6.45) is 0. The van der Waals surface area contributed by atoms with E-state index in [4.69, 9.17) is 0 Å². The van der Waals surface area contributed by atoms with Crippen LogP contribution in [-0.4, -0.2) is 26.5 Å². The molecule has 0 aliphatic heterocycles. The molecule has 0 aliphatic rings. The molecule has 8 heteroatoms. The number of nitrogens with zero attached hydrogens (tertiary/aromatic N) is 3. The minimum Gasteiger partial charge on any atom is -0.321 e. The number of H-pyrrole nitrogens is 1. The molecule has 3 rings (SSSR count). The van der Waals surface area contributed by atoms with Crippen molar-refractivity contribution in [1.29, 1.82) is 0 Å². The highest BCUT2D eigenvalue weighted by Gasteiger charge is 2.14. The van der Waals surface area contributed by atoms with Gasteiger partial charge in [-0.1, -0.05) is 22.0 Å². The monoisotopic (exact) mass is 349 g/mol. The van der Waals surface area contributed by atoms with Gasteiger partial charge in [-0.2, -0.15) is 5.21 Å². The summed E-state index contributed by atoms with van der Waals surface area (Å²) in [6, 6.07) is 9.08. The lowest BCUT2D eigenvalue weighted by atomic mass is 10.1. The average Bonchev–Trinajstić information content (AvgIpc) is 3.12. The molecule has 2 N–H and O–H groups in total. The van der Waals surface area contributed by atoms with Crippen LogP contribution in [0.5, 0.6) is 0 Å². The first-order valence-corrected chi connectivity index (χ1v) is 7.29. The second kappa shape index (κ2) is 5.51. The van der Waals surface area contributed by atoms with Gasteiger partial charge in [-0.25, -0.2) is 0 Å². The number of halogens is 1. The summed E-state index contributed by atoms with van der Waals surface area (Å²) in [5, 5.41) is 18.5. The highest BCUT2D eigenvalue weighted by atomic mass is 79.9. The zero-order valence-electron chi connectivity index (χ0n) is 10.0. The molecule has 0 unspecified atom stereocenters. The fraction of sp³-hybridized carbons (Fsp3) is 0. The summed E-state index contributed by atoms with van der Waals surface area (Å²) < 4.78 is 0.853. The van der Waals surface area contributed by atoms with Gasteiger partial charge in [-0.15, -0.1) is 21.5 Å². The van der Waals surface area contributed by atoms with Crippen LogP contribution in [0.1, 0.15) is 9.67 Å². The smallest absolute Gasteiger partial charge is 0.265 e. The molecular weight excluding hydrogens is 342 g/mol. The van der Waals surface area contributed by atoms with Crippen molar-refractivity contribution in [2.45, 2.75) is 0 Å². The molecule has 6 nitrogen and oxygen atoms in total. The molecule has 20 heavy (non-hydrogen) atoms. The molecule has 0 radical (unpaired) electrons. The number of hydrogen-bond acceptors (Lipinski definition) is 5. The van der Waals surface area contributed by atoms with Crippen molar-refractivity contribution in [3.05, 3.63) is 45.1 Å². The van der Waals surface area contributed by atoms with Gasteiger partial charge in [0.25, 0.3) is 5.91 Å². The number of hydrogen-bond donors (Lipinski definition) is 2. The first-order valence-electron chi connectivity index (χ1n) is 5.62. The third-order valence-corrected chi connectivity index (χ3v) is 3.92. The average molecular weight is 350 g/mol. The maximum Gasteiger partial charge on any atom is 0.265 e. The Balaban J connectivity index is 1.96. The van der Waals surface area contributed by atoms with Crippen LogP contribution in [0.2, 0.25) is 0 Å². The minimum atomic E-state index is -0.164. The van der Waals surface area contributed by atoms with Gasteiger partial charge >= 0.3 is 0 Å². The van der Waals surface area contributed by atoms with Gasteiger partial charge in [0.15, 0.2) is 0 Å². The molecule has 0 bridgehead atoms. The molecule has 1 amide bonds. The Morgan fingerprint density at radius 3 is 2.95 bits per heavy atom. The summed E-state index contributed by atoms with van der Waals surface area (Å²) in [5.41, 5.74) is 1.33. The molecular formula is C12H8BrN5OS. The van der Waals surface area contributed by atoms with Crippen LogP contribution in [0.25, 0.3) is 11.4 Å². The topological polar surface area (TPSA) is 83.6 Å². The second-order valence-electron chi connectivity index (χ2n) is 3.86. The molecule has 0 fully saturated rings. The van der Waals surface area contributed by atoms with Crippen LogP contribution in [0.3, 0.4) is 0 Å². The predicted molar refractivity (Wildman–Crippen MR) is 79.6 cm³/mol. The van der Waals surface area contributed by atoms with Gasteiger partial charge in [-0.05, 0) is 34.9 Å². The highest BCUT2D eigenvalue weighted by molar-refractivity contribution is 9.10. The Bertz CT molecular complexity index is 726. The van der Waals surface area contributed by atoms with E-state index in [0.717, 1.165) is 4.47 Å². The number of carbonyl (C=O) groups is 1. The highest BCUT2D eigenvalue weighted by Crippen LogP contribution is 2.28. The second-order valence-corrected chi connectivity index (χ2v) is 5.72. The summed E-state index contributed by atoms with van der Waals surface area (Å²) >= 11 is 4.77. The van der Waals surface area contributed by atoms with Crippen LogP contribution in [0, 0.1) is 0 Å². The molecule has 2 aromatic heterocycles. The van der Waals surface area contributed by atoms with Crippen LogP contribution < -0.4 is 5.32 Å². The van der Waals surface area contributed by atoms with E-state index in [9.17, 15) is 4.79 Å². The summed E-state index contributed by atoms with van der Waals surface area (Å²) in [7, 11) is 0. The number of amides is 1. The van der Waals surface area contributed by atoms with E-state index in [1.807, 2.05) is 23.6 Å². The van der Waals surface area contributed by atoms with E-state index >= 15 is 0 Å². The summed E-state index contributed by atoms with van der Waals surface area (Å²) in [6.45, 7) is 0. The van der Waals surface area contributed by atoms with Crippen molar-refractivity contribution >= 4 is 38.9 Å². The van der Waals surface area contributed by atoms with E-state index in [1.54, 1.807) is 12.1 Å². The van der Waals surface area contributed by atoms with Gasteiger partial charge in [0.05, 0.1) is 10.6 Å².